The normalized spacial score (nSPS) is 11.4. The van der Waals surface area contributed by atoms with E-state index in [2.05, 4.69) is 0 Å². The maximum atomic E-state index is 13.8. The van der Waals surface area contributed by atoms with E-state index >= 15 is 0 Å². The lowest BCUT2D eigenvalue weighted by Crippen LogP contribution is -2.13. The summed E-state index contributed by atoms with van der Waals surface area (Å²) >= 11 is 0. The molecule has 1 nitrogen and oxygen atoms in total. The van der Waals surface area contributed by atoms with Gasteiger partial charge in [0.15, 0.2) is 0 Å². The molecular formula is C23H21F3O. The van der Waals surface area contributed by atoms with Crippen molar-refractivity contribution in [2.75, 3.05) is 0 Å². The van der Waals surface area contributed by atoms with Crippen LogP contribution in [0.2, 0.25) is 0 Å². The van der Waals surface area contributed by atoms with Crippen LogP contribution in [0.4, 0.5) is 13.2 Å². The van der Waals surface area contributed by atoms with Crippen molar-refractivity contribution in [3.05, 3.63) is 100 Å². The predicted molar refractivity (Wildman–Crippen MR) is 101 cm³/mol. The van der Waals surface area contributed by atoms with E-state index in [1.807, 2.05) is 62.4 Å². The van der Waals surface area contributed by atoms with E-state index in [9.17, 15) is 13.2 Å². The molecule has 0 saturated heterocycles. The van der Waals surface area contributed by atoms with Crippen molar-refractivity contribution in [3.63, 3.8) is 0 Å². The fraction of sp³-hybridized carbons (Fsp3) is 0.217. The second-order valence-corrected chi connectivity index (χ2v) is 6.61. The van der Waals surface area contributed by atoms with Gasteiger partial charge in [-0.2, -0.15) is 13.2 Å². The van der Waals surface area contributed by atoms with Crippen LogP contribution in [0.15, 0.2) is 66.7 Å². The zero-order valence-electron chi connectivity index (χ0n) is 15.3. The standard InChI is InChI=1S/C23H21F3O/c1-16-8-6-9-17(2)20(16)15-27-21-13-7-12-19(22(21)23(24,25)26)14-18-10-4-3-5-11-18/h3-13H,14-15H2,1-2H3. The third-order valence-corrected chi connectivity index (χ3v) is 4.65. The number of hydrogen-bond donors (Lipinski definition) is 0. The Morgan fingerprint density at radius 2 is 1.41 bits per heavy atom. The number of halogens is 3. The minimum atomic E-state index is -4.48. The Bertz CT molecular complexity index is 894. The fourth-order valence-corrected chi connectivity index (χ4v) is 3.21. The summed E-state index contributed by atoms with van der Waals surface area (Å²) in [5, 5.41) is 0. The van der Waals surface area contributed by atoms with Crippen molar-refractivity contribution in [2.45, 2.75) is 33.1 Å². The lowest BCUT2D eigenvalue weighted by molar-refractivity contribution is -0.139. The van der Waals surface area contributed by atoms with Crippen LogP contribution in [0.3, 0.4) is 0 Å². The van der Waals surface area contributed by atoms with E-state index in [0.29, 0.717) is 0 Å². The van der Waals surface area contributed by atoms with Crippen LogP contribution in [-0.4, -0.2) is 0 Å². The molecule has 0 amide bonds. The molecule has 0 aliphatic rings. The second kappa shape index (κ2) is 7.87. The summed E-state index contributed by atoms with van der Waals surface area (Å²) in [7, 11) is 0. The number of hydrogen-bond acceptors (Lipinski definition) is 1. The van der Waals surface area contributed by atoms with Gasteiger partial charge in [-0.15, -0.1) is 0 Å². The van der Waals surface area contributed by atoms with Crippen LogP contribution in [0.25, 0.3) is 0 Å². The Morgan fingerprint density at radius 3 is 2.04 bits per heavy atom. The molecule has 0 unspecified atom stereocenters. The van der Waals surface area contributed by atoms with E-state index in [1.165, 1.54) is 12.1 Å². The van der Waals surface area contributed by atoms with Gasteiger partial charge in [0.2, 0.25) is 0 Å². The summed E-state index contributed by atoms with van der Waals surface area (Å²) in [4.78, 5) is 0. The quantitative estimate of drug-likeness (QED) is 0.499. The number of aryl methyl sites for hydroxylation is 2. The molecule has 0 N–H and O–H groups in total. The molecular weight excluding hydrogens is 349 g/mol. The number of alkyl halides is 3. The van der Waals surface area contributed by atoms with Crippen molar-refractivity contribution in [3.8, 4) is 5.75 Å². The third kappa shape index (κ3) is 4.51. The first-order valence-electron chi connectivity index (χ1n) is 8.77. The molecule has 0 saturated carbocycles. The highest BCUT2D eigenvalue weighted by atomic mass is 19.4. The van der Waals surface area contributed by atoms with Gasteiger partial charge in [0, 0.05) is 0 Å². The molecule has 0 aliphatic heterocycles. The number of benzene rings is 3. The molecule has 0 aliphatic carbocycles. The second-order valence-electron chi connectivity index (χ2n) is 6.61. The van der Waals surface area contributed by atoms with Gasteiger partial charge in [0.25, 0.3) is 0 Å². The van der Waals surface area contributed by atoms with Crippen LogP contribution in [-0.2, 0) is 19.2 Å². The smallest absolute Gasteiger partial charge is 0.420 e. The lowest BCUT2D eigenvalue weighted by Gasteiger charge is -2.19. The van der Waals surface area contributed by atoms with Gasteiger partial charge in [-0.05, 0) is 54.2 Å². The topological polar surface area (TPSA) is 9.23 Å². The number of rotatable bonds is 5. The van der Waals surface area contributed by atoms with Crippen molar-refractivity contribution in [1.29, 1.82) is 0 Å². The maximum absolute atomic E-state index is 13.8. The summed E-state index contributed by atoms with van der Waals surface area (Å²) in [6, 6.07) is 19.5. The highest BCUT2D eigenvalue weighted by molar-refractivity contribution is 5.45. The van der Waals surface area contributed by atoms with Crippen molar-refractivity contribution >= 4 is 0 Å². The largest absolute Gasteiger partial charge is 0.488 e. The Morgan fingerprint density at radius 1 is 0.778 bits per heavy atom. The van der Waals surface area contributed by atoms with Gasteiger partial charge in [0.05, 0.1) is 0 Å². The third-order valence-electron chi connectivity index (χ3n) is 4.65. The average molecular weight is 370 g/mol. The molecule has 0 spiro atoms. The highest BCUT2D eigenvalue weighted by Gasteiger charge is 2.37. The van der Waals surface area contributed by atoms with E-state index in [1.54, 1.807) is 6.07 Å². The Hall–Kier alpha value is -2.75. The minimum Gasteiger partial charge on any atom is -0.488 e. The van der Waals surface area contributed by atoms with Crippen molar-refractivity contribution < 1.29 is 17.9 Å². The summed E-state index contributed by atoms with van der Waals surface area (Å²) in [6.45, 7) is 3.97. The van der Waals surface area contributed by atoms with Crippen LogP contribution in [0.1, 0.15) is 33.4 Å². The zero-order chi connectivity index (χ0) is 19.4. The van der Waals surface area contributed by atoms with E-state index in [-0.39, 0.29) is 24.3 Å². The first-order valence-corrected chi connectivity index (χ1v) is 8.77. The Balaban J connectivity index is 1.94. The van der Waals surface area contributed by atoms with E-state index < -0.39 is 11.7 Å². The molecule has 0 radical (unpaired) electrons. The predicted octanol–water partition coefficient (Wildman–Crippen LogP) is 6.49. The molecule has 0 heterocycles. The molecule has 0 atom stereocenters. The van der Waals surface area contributed by atoms with Crippen LogP contribution in [0.5, 0.6) is 5.75 Å². The highest BCUT2D eigenvalue weighted by Crippen LogP contribution is 2.40. The van der Waals surface area contributed by atoms with E-state index in [4.69, 9.17) is 4.74 Å². The molecule has 0 fully saturated rings. The number of ether oxygens (including phenoxy) is 1. The first kappa shape index (κ1) is 19.0. The minimum absolute atomic E-state index is 0.108. The summed E-state index contributed by atoms with van der Waals surface area (Å²) in [5.41, 5.74) is 3.27. The van der Waals surface area contributed by atoms with Gasteiger partial charge in [0.1, 0.15) is 17.9 Å². The first-order chi connectivity index (χ1) is 12.9. The molecule has 27 heavy (non-hydrogen) atoms. The Labute approximate surface area is 157 Å². The summed E-state index contributed by atoms with van der Waals surface area (Å²) in [5.74, 6) is -0.126. The van der Waals surface area contributed by atoms with Crippen molar-refractivity contribution in [2.24, 2.45) is 0 Å². The SMILES string of the molecule is Cc1cccc(C)c1COc1cccc(Cc2ccccc2)c1C(F)(F)F. The molecule has 3 aromatic carbocycles. The molecule has 3 aromatic rings. The van der Waals surface area contributed by atoms with Crippen LogP contribution < -0.4 is 4.74 Å². The zero-order valence-corrected chi connectivity index (χ0v) is 15.3. The van der Waals surface area contributed by atoms with Crippen LogP contribution in [0, 0.1) is 13.8 Å². The molecule has 0 bridgehead atoms. The summed E-state index contributed by atoms with van der Waals surface area (Å²) in [6.07, 6.45) is -4.28. The van der Waals surface area contributed by atoms with E-state index in [0.717, 1.165) is 22.3 Å². The molecule has 140 valence electrons. The van der Waals surface area contributed by atoms with Gasteiger partial charge < -0.3 is 4.74 Å². The maximum Gasteiger partial charge on any atom is 0.420 e. The Kier molecular flexibility index (Phi) is 5.54. The van der Waals surface area contributed by atoms with Crippen molar-refractivity contribution in [1.82, 2.24) is 0 Å². The van der Waals surface area contributed by atoms with Gasteiger partial charge >= 0.3 is 6.18 Å². The molecule has 4 heteroatoms. The van der Waals surface area contributed by atoms with Crippen LogP contribution >= 0.6 is 0 Å². The van der Waals surface area contributed by atoms with Gasteiger partial charge in [-0.3, -0.25) is 0 Å². The van der Waals surface area contributed by atoms with Gasteiger partial charge in [-0.25, -0.2) is 0 Å². The lowest BCUT2D eigenvalue weighted by atomic mass is 9.98. The average Bonchev–Trinajstić information content (AvgIpc) is 2.61. The molecule has 0 aromatic heterocycles. The fourth-order valence-electron chi connectivity index (χ4n) is 3.21. The van der Waals surface area contributed by atoms with Gasteiger partial charge in [-0.1, -0.05) is 60.7 Å². The summed E-state index contributed by atoms with van der Waals surface area (Å²) < 4.78 is 47.1. The molecule has 3 rings (SSSR count). The monoisotopic (exact) mass is 370 g/mol.